The summed E-state index contributed by atoms with van der Waals surface area (Å²) >= 11 is 18.4. The molecule has 0 amide bonds. The van der Waals surface area contributed by atoms with E-state index in [4.69, 9.17) is 43.4 Å². The lowest BCUT2D eigenvalue weighted by molar-refractivity contribution is 0.290. The van der Waals surface area contributed by atoms with Crippen molar-refractivity contribution in [2.45, 2.75) is 157 Å². The van der Waals surface area contributed by atoms with Crippen LogP contribution >= 0.6 is 71.5 Å². The molecule has 8 bridgehead atoms. The van der Waals surface area contributed by atoms with E-state index in [1.807, 2.05) is 72.8 Å². The molecule has 8 nitrogen and oxygen atoms in total. The summed E-state index contributed by atoms with van der Waals surface area (Å²) in [6, 6.07) is 59.3. The maximum absolute atomic E-state index is 7.28. The van der Waals surface area contributed by atoms with E-state index in [1.54, 1.807) is 47.0 Å². The molecule has 0 atom stereocenters. The highest BCUT2D eigenvalue weighted by Crippen LogP contribution is 2.56. The van der Waals surface area contributed by atoms with E-state index in [-0.39, 0.29) is 21.7 Å². The van der Waals surface area contributed by atoms with Gasteiger partial charge in [-0.05, 0) is 152 Å². The lowest BCUT2D eigenvalue weighted by atomic mass is 9.87. The lowest BCUT2D eigenvalue weighted by Crippen LogP contribution is -2.32. The third-order valence-corrected chi connectivity index (χ3v) is 18.9. The highest BCUT2D eigenvalue weighted by molar-refractivity contribution is 8.01. The minimum atomic E-state index is -0.246. The summed E-state index contributed by atoms with van der Waals surface area (Å²) in [6.45, 7) is 29.6. The molecular weight excluding hydrogens is 1180 g/mol. The number of ether oxygens (including phenoxy) is 4. The van der Waals surface area contributed by atoms with Gasteiger partial charge in [0.25, 0.3) is 0 Å². The van der Waals surface area contributed by atoms with Crippen LogP contribution in [0.5, 0.6) is 23.0 Å². The summed E-state index contributed by atoms with van der Waals surface area (Å²) < 4.78 is 29.0. The third-order valence-electron chi connectivity index (χ3n) is 14.2. The second-order valence-electron chi connectivity index (χ2n) is 25.4. The predicted molar refractivity (Wildman–Crippen MR) is 371 cm³/mol. The van der Waals surface area contributed by atoms with Crippen LogP contribution in [0.2, 0.25) is 0 Å². The number of thiocarbonyl (C=S) groups is 2. The number of hydrogen-bond acceptors (Lipinski definition) is 10. The normalized spacial score (nSPS) is 12.6. The summed E-state index contributed by atoms with van der Waals surface area (Å²) in [4.78, 5) is 7.73. The van der Waals surface area contributed by atoms with Gasteiger partial charge in [-0.15, -0.1) is 0 Å². The Hall–Kier alpha value is -6.26. The van der Waals surface area contributed by atoms with E-state index >= 15 is 0 Å². The van der Waals surface area contributed by atoms with Crippen molar-refractivity contribution in [3.63, 3.8) is 0 Å². The highest BCUT2D eigenvalue weighted by atomic mass is 32.2. The Labute approximate surface area is 538 Å². The summed E-state index contributed by atoms with van der Waals surface area (Å²) in [5, 5.41) is 14.5. The second kappa shape index (κ2) is 28.3. The van der Waals surface area contributed by atoms with Crippen LogP contribution in [0.4, 0.5) is 11.4 Å². The van der Waals surface area contributed by atoms with Crippen LogP contribution < -0.4 is 40.2 Å². The van der Waals surface area contributed by atoms with Gasteiger partial charge in [0.1, 0.15) is 49.4 Å². The molecule has 9 rings (SSSR count). The van der Waals surface area contributed by atoms with Crippen LogP contribution in [0.1, 0.15) is 116 Å². The monoisotopic (exact) mass is 1260 g/mol. The molecule has 0 unspecified atom stereocenters. The first-order chi connectivity index (χ1) is 40.9. The molecule has 0 fully saturated rings. The number of hydrogen-bond donors (Lipinski definition) is 4. The number of fused-ring (bicyclic) bond motifs is 8. The molecule has 0 aliphatic carbocycles. The van der Waals surface area contributed by atoms with Crippen LogP contribution in [0, 0.1) is 0 Å². The largest absolute Gasteiger partial charge is 0.489 e. The summed E-state index contributed by atoms with van der Waals surface area (Å²) in [5.41, 5.74) is 7.65. The number of nitrogens with one attached hydrogen (secondary N) is 4. The molecule has 1 aliphatic heterocycles. The molecule has 0 radical (unpaired) electrons. The third kappa shape index (κ3) is 17.5. The van der Waals surface area contributed by atoms with E-state index in [9.17, 15) is 0 Å². The van der Waals surface area contributed by atoms with Crippen molar-refractivity contribution in [3.8, 4) is 23.0 Å². The number of rotatable bonds is 16. The molecule has 8 aromatic carbocycles. The Balaban J connectivity index is 1.28. The number of anilines is 2. The van der Waals surface area contributed by atoms with Gasteiger partial charge < -0.3 is 40.2 Å². The topological polar surface area (TPSA) is 85.0 Å². The van der Waals surface area contributed by atoms with Gasteiger partial charge in [0.2, 0.25) is 0 Å². The average Bonchev–Trinajstić information content (AvgIpc) is 1.35. The van der Waals surface area contributed by atoms with Crippen LogP contribution in [-0.2, 0) is 34.9 Å². The fourth-order valence-electron chi connectivity index (χ4n) is 9.18. The van der Waals surface area contributed by atoms with E-state index in [2.05, 4.69) is 201 Å². The van der Waals surface area contributed by atoms with Gasteiger partial charge in [0.15, 0.2) is 10.2 Å². The quantitative estimate of drug-likeness (QED) is 0.0547. The highest BCUT2D eigenvalue weighted by Gasteiger charge is 2.31. The first-order valence-corrected chi connectivity index (χ1v) is 33.3. The standard InChI is InChI=1S/C72H80N4O4S6/c1-69(2,3)49-37-55-63(77-35-33-73-67(81)75-53-29-21-15-22-30-53)56(38-49)84-60-42-52(72(10,11)12)44-62(66(60)80-46-48-27-19-14-20-28-48)86-58-40-50(70(4,5)6)39-57(64(58)78-36-34-74-68(82)76-54-31-23-16-24-32-54)85-61-43-51(71(7,8)9)41-59(83-55)65(61)79-45-47-25-17-13-18-26-47/h13-32,37-44H,33-36,45-46H2,1-12H3,(H2,73,75,81)(H2,74,76,82). The zero-order chi connectivity index (χ0) is 61.2. The second-order valence-corrected chi connectivity index (χ2v) is 30.5. The first kappa shape index (κ1) is 64.2. The van der Waals surface area contributed by atoms with Gasteiger partial charge in [-0.3, -0.25) is 0 Å². The molecule has 0 aromatic heterocycles. The van der Waals surface area contributed by atoms with Crippen LogP contribution in [0.25, 0.3) is 0 Å². The molecule has 8 aromatic rings. The fourth-order valence-corrected chi connectivity index (χ4v) is 14.4. The Bertz CT molecular complexity index is 3300. The van der Waals surface area contributed by atoms with Gasteiger partial charge in [-0.2, -0.15) is 0 Å². The van der Waals surface area contributed by atoms with Crippen molar-refractivity contribution in [1.29, 1.82) is 0 Å². The average molecular weight is 1260 g/mol. The van der Waals surface area contributed by atoms with Gasteiger partial charge in [0.05, 0.1) is 52.3 Å². The molecule has 0 saturated carbocycles. The Morgan fingerprint density at radius 2 is 0.570 bits per heavy atom. The van der Waals surface area contributed by atoms with Crippen molar-refractivity contribution in [1.82, 2.24) is 10.6 Å². The van der Waals surface area contributed by atoms with Crippen molar-refractivity contribution in [3.05, 3.63) is 203 Å². The Kier molecular flexibility index (Phi) is 21.1. The van der Waals surface area contributed by atoms with Crippen molar-refractivity contribution in [2.75, 3.05) is 36.9 Å². The molecule has 448 valence electrons. The number of benzene rings is 8. The summed E-state index contributed by atoms with van der Waals surface area (Å²) in [7, 11) is 0. The molecule has 4 N–H and O–H groups in total. The first-order valence-electron chi connectivity index (χ1n) is 29.2. The van der Waals surface area contributed by atoms with Gasteiger partial charge in [-0.25, -0.2) is 0 Å². The van der Waals surface area contributed by atoms with Crippen LogP contribution in [0.3, 0.4) is 0 Å². The van der Waals surface area contributed by atoms with E-state index in [0.717, 1.165) is 84.7 Å². The van der Waals surface area contributed by atoms with E-state index < -0.39 is 0 Å². The minimum absolute atomic E-state index is 0.245. The zero-order valence-corrected chi connectivity index (χ0v) is 56.4. The Morgan fingerprint density at radius 3 is 0.814 bits per heavy atom. The fraction of sp³-hybridized carbons (Fsp3) is 0.306. The predicted octanol–water partition coefficient (Wildman–Crippen LogP) is 19.7. The minimum Gasteiger partial charge on any atom is -0.489 e. The summed E-state index contributed by atoms with van der Waals surface area (Å²) in [6.07, 6.45) is 0. The van der Waals surface area contributed by atoms with E-state index in [1.165, 1.54) is 22.3 Å². The molecule has 0 spiro atoms. The summed E-state index contributed by atoms with van der Waals surface area (Å²) in [5.74, 6) is 3.09. The molecule has 86 heavy (non-hydrogen) atoms. The van der Waals surface area contributed by atoms with Gasteiger partial charge >= 0.3 is 0 Å². The number of para-hydroxylation sites is 2. The van der Waals surface area contributed by atoms with Crippen molar-refractivity contribution in [2.24, 2.45) is 0 Å². The molecular formula is C72H80N4O4S6. The SMILES string of the molecule is CC(C)(C)c1cc2c(OCCNC(=S)Nc3ccccc3)c(c1)Sc1cc(C(C)(C)C)cc(c1OCc1ccccc1)Sc1cc(C(C)(C)C)cc(c1OCCNC(=S)Nc1ccccc1)Sc1cc(C(C)(C)C)cc(c1OCc1ccccc1)S2. The van der Waals surface area contributed by atoms with Gasteiger partial charge in [-0.1, -0.05) is 227 Å². The maximum Gasteiger partial charge on any atom is 0.170 e. The van der Waals surface area contributed by atoms with Crippen LogP contribution in [-0.4, -0.2) is 36.5 Å². The zero-order valence-electron chi connectivity index (χ0n) is 51.5. The smallest absolute Gasteiger partial charge is 0.170 e. The lowest BCUT2D eigenvalue weighted by Gasteiger charge is -2.28. The Morgan fingerprint density at radius 1 is 0.337 bits per heavy atom. The van der Waals surface area contributed by atoms with Gasteiger partial charge in [0, 0.05) is 11.4 Å². The van der Waals surface area contributed by atoms with Crippen molar-refractivity contribution >= 4 is 93.1 Å². The maximum atomic E-state index is 7.28. The molecule has 1 aliphatic rings. The van der Waals surface area contributed by atoms with Crippen molar-refractivity contribution < 1.29 is 18.9 Å². The molecule has 14 heteroatoms. The molecule has 1 heterocycles. The van der Waals surface area contributed by atoms with E-state index in [0.29, 0.717) is 49.7 Å². The molecule has 0 saturated heterocycles. The van der Waals surface area contributed by atoms with Crippen LogP contribution in [0.15, 0.2) is 209 Å².